The van der Waals surface area contributed by atoms with E-state index in [4.69, 9.17) is 0 Å². The number of allylic oxidation sites excluding steroid dienone is 7. The Morgan fingerprint density at radius 3 is 1.03 bits per heavy atom. The second-order valence-corrected chi connectivity index (χ2v) is 19.8. The van der Waals surface area contributed by atoms with Crippen LogP contribution >= 0.6 is 0 Å². The molecule has 0 aliphatic heterocycles. The standard InChI is InChI=1S/C60H113NO4/c1-3-5-7-9-11-13-15-17-18-19-20-21-22-23-24-25-26-27-28-29-30-31-32-33-34-35-36-37-38-39-40-41-43-45-47-49-51-53-55-59(64)60(65)61-57(56-62)58(63)54-52-50-48-46-44-42-16-14-12-10-8-6-4-2/h26-27,29-30,44,46,52,54,57-59,62-64H,3-25,28,31-43,45,47-51,53,55-56H2,1-2H3,(H,61,65)/b27-26-,30-29-,46-44+,54-52+. The number of aliphatic hydroxyl groups is 3. The molecule has 0 saturated carbocycles. The quantitative estimate of drug-likeness (QED) is 0.0361. The Kier molecular flexibility index (Phi) is 53.5. The summed E-state index contributed by atoms with van der Waals surface area (Å²) >= 11 is 0. The number of hydrogen-bond acceptors (Lipinski definition) is 4. The molecule has 65 heavy (non-hydrogen) atoms. The summed E-state index contributed by atoms with van der Waals surface area (Å²) in [7, 11) is 0. The Labute approximate surface area is 406 Å². The van der Waals surface area contributed by atoms with Crippen molar-refractivity contribution in [2.75, 3.05) is 6.61 Å². The number of amides is 1. The maximum atomic E-state index is 12.5. The van der Waals surface area contributed by atoms with E-state index in [1.54, 1.807) is 6.08 Å². The molecule has 3 unspecified atom stereocenters. The first kappa shape index (κ1) is 63.3. The van der Waals surface area contributed by atoms with Gasteiger partial charge in [0.1, 0.15) is 6.10 Å². The molecule has 1 amide bonds. The van der Waals surface area contributed by atoms with Gasteiger partial charge in [0.15, 0.2) is 0 Å². The summed E-state index contributed by atoms with van der Waals surface area (Å²) in [4.78, 5) is 12.5. The van der Waals surface area contributed by atoms with Crippen LogP contribution in [-0.4, -0.2) is 46.1 Å². The molecular weight excluding hydrogens is 799 g/mol. The van der Waals surface area contributed by atoms with Crippen LogP contribution in [0.3, 0.4) is 0 Å². The summed E-state index contributed by atoms with van der Waals surface area (Å²) in [6, 6.07) is -0.814. The molecule has 0 rings (SSSR count). The zero-order valence-corrected chi connectivity index (χ0v) is 43.6. The zero-order valence-electron chi connectivity index (χ0n) is 43.6. The lowest BCUT2D eigenvalue weighted by molar-refractivity contribution is -0.131. The lowest BCUT2D eigenvalue weighted by atomic mass is 10.0. The van der Waals surface area contributed by atoms with E-state index < -0.39 is 24.2 Å². The maximum Gasteiger partial charge on any atom is 0.249 e. The lowest BCUT2D eigenvalue weighted by Crippen LogP contribution is -2.48. The number of hydrogen-bond donors (Lipinski definition) is 4. The molecule has 0 aromatic rings. The van der Waals surface area contributed by atoms with Crippen molar-refractivity contribution in [3.05, 3.63) is 48.6 Å². The van der Waals surface area contributed by atoms with Crippen molar-refractivity contribution in [3.8, 4) is 0 Å². The van der Waals surface area contributed by atoms with E-state index >= 15 is 0 Å². The number of carbonyl (C=O) groups is 1. The summed E-state index contributed by atoms with van der Waals surface area (Å²) in [6.45, 7) is 4.18. The highest BCUT2D eigenvalue weighted by Gasteiger charge is 2.22. The minimum absolute atomic E-state index is 0.376. The van der Waals surface area contributed by atoms with Crippen LogP contribution in [0.1, 0.15) is 303 Å². The largest absolute Gasteiger partial charge is 0.394 e. The molecule has 0 fully saturated rings. The van der Waals surface area contributed by atoms with Crippen molar-refractivity contribution in [2.24, 2.45) is 0 Å². The van der Waals surface area contributed by atoms with Gasteiger partial charge in [-0.25, -0.2) is 0 Å². The summed E-state index contributed by atoms with van der Waals surface area (Å²) in [6.07, 6.45) is 73.6. The number of unbranched alkanes of at least 4 members (excludes halogenated alkanes) is 39. The first-order chi connectivity index (χ1) is 32.1. The summed E-state index contributed by atoms with van der Waals surface area (Å²) in [5.41, 5.74) is 0. The average molecular weight is 913 g/mol. The SMILES string of the molecule is CCCCCCCCC/C=C/CC/C=C/C(O)C(CO)NC(=O)C(O)CCCCCCCCCCCCCCCCCC/C=C\C/C=C\CCCCCCCCCCCCCCCCC. The Bertz CT molecular complexity index is 1050. The monoisotopic (exact) mass is 912 g/mol. The van der Waals surface area contributed by atoms with Crippen molar-refractivity contribution in [1.82, 2.24) is 5.32 Å². The second kappa shape index (κ2) is 54.9. The molecule has 5 heteroatoms. The third-order valence-corrected chi connectivity index (χ3v) is 13.4. The van der Waals surface area contributed by atoms with Crippen molar-refractivity contribution < 1.29 is 20.1 Å². The maximum absolute atomic E-state index is 12.5. The van der Waals surface area contributed by atoms with Crippen LogP contribution in [-0.2, 0) is 4.79 Å². The van der Waals surface area contributed by atoms with E-state index in [0.29, 0.717) is 6.42 Å². The van der Waals surface area contributed by atoms with E-state index in [1.165, 1.54) is 238 Å². The number of carbonyl (C=O) groups excluding carboxylic acids is 1. The fourth-order valence-electron chi connectivity index (χ4n) is 8.88. The van der Waals surface area contributed by atoms with Crippen LogP contribution in [0.4, 0.5) is 0 Å². The molecule has 0 aromatic carbocycles. The van der Waals surface area contributed by atoms with E-state index in [1.807, 2.05) is 6.08 Å². The number of rotatable bonds is 53. The fraction of sp³-hybridized carbons (Fsp3) is 0.850. The minimum Gasteiger partial charge on any atom is -0.394 e. The Balaban J connectivity index is 3.50. The normalized spacial score (nSPS) is 13.6. The fourth-order valence-corrected chi connectivity index (χ4v) is 8.88. The molecule has 0 aliphatic rings. The van der Waals surface area contributed by atoms with E-state index in [9.17, 15) is 20.1 Å². The Morgan fingerprint density at radius 2 is 0.677 bits per heavy atom. The lowest BCUT2D eigenvalue weighted by Gasteiger charge is -2.21. The van der Waals surface area contributed by atoms with Crippen molar-refractivity contribution in [1.29, 1.82) is 0 Å². The van der Waals surface area contributed by atoms with E-state index in [2.05, 4.69) is 55.6 Å². The van der Waals surface area contributed by atoms with Crippen molar-refractivity contribution in [2.45, 2.75) is 321 Å². The zero-order chi connectivity index (χ0) is 47.2. The average Bonchev–Trinajstić information content (AvgIpc) is 3.31. The van der Waals surface area contributed by atoms with Crippen LogP contribution in [0.2, 0.25) is 0 Å². The third kappa shape index (κ3) is 50.0. The van der Waals surface area contributed by atoms with Gasteiger partial charge in [0, 0.05) is 0 Å². The van der Waals surface area contributed by atoms with Crippen LogP contribution in [0.15, 0.2) is 48.6 Å². The summed E-state index contributed by atoms with van der Waals surface area (Å²) in [5.74, 6) is -0.512. The second-order valence-electron chi connectivity index (χ2n) is 19.8. The summed E-state index contributed by atoms with van der Waals surface area (Å²) < 4.78 is 0. The van der Waals surface area contributed by atoms with Crippen LogP contribution in [0, 0.1) is 0 Å². The molecule has 4 N–H and O–H groups in total. The predicted octanol–water partition coefficient (Wildman–Crippen LogP) is 18.0. The van der Waals surface area contributed by atoms with Crippen LogP contribution < -0.4 is 5.32 Å². The molecule has 0 heterocycles. The molecule has 0 aromatic heterocycles. The van der Waals surface area contributed by atoms with Gasteiger partial charge in [0.05, 0.1) is 18.8 Å². The van der Waals surface area contributed by atoms with Gasteiger partial charge in [0.25, 0.3) is 0 Å². The van der Waals surface area contributed by atoms with Gasteiger partial charge in [-0.2, -0.15) is 0 Å². The van der Waals surface area contributed by atoms with Gasteiger partial charge >= 0.3 is 0 Å². The first-order valence-corrected chi connectivity index (χ1v) is 29.0. The van der Waals surface area contributed by atoms with Crippen molar-refractivity contribution >= 4 is 5.91 Å². The van der Waals surface area contributed by atoms with Crippen LogP contribution in [0.25, 0.3) is 0 Å². The van der Waals surface area contributed by atoms with Gasteiger partial charge in [-0.1, -0.05) is 287 Å². The minimum atomic E-state index is -1.11. The highest BCUT2D eigenvalue weighted by molar-refractivity contribution is 5.80. The van der Waals surface area contributed by atoms with Gasteiger partial charge < -0.3 is 20.6 Å². The highest BCUT2D eigenvalue weighted by Crippen LogP contribution is 2.17. The Hall–Kier alpha value is -1.69. The number of nitrogens with one attached hydrogen (secondary N) is 1. The molecule has 382 valence electrons. The molecule has 0 spiro atoms. The molecule has 0 saturated heterocycles. The van der Waals surface area contributed by atoms with Crippen LogP contribution in [0.5, 0.6) is 0 Å². The topological polar surface area (TPSA) is 89.8 Å². The summed E-state index contributed by atoms with van der Waals surface area (Å²) in [5, 5.41) is 33.2. The smallest absolute Gasteiger partial charge is 0.249 e. The molecular formula is C60H113NO4. The van der Waals surface area contributed by atoms with Gasteiger partial charge in [0.2, 0.25) is 5.91 Å². The highest BCUT2D eigenvalue weighted by atomic mass is 16.3. The van der Waals surface area contributed by atoms with E-state index in [-0.39, 0.29) is 6.61 Å². The number of aliphatic hydroxyl groups excluding tert-OH is 3. The third-order valence-electron chi connectivity index (χ3n) is 13.4. The molecule has 0 bridgehead atoms. The Morgan fingerprint density at radius 1 is 0.385 bits per heavy atom. The van der Waals surface area contributed by atoms with Gasteiger partial charge in [-0.05, 0) is 64.2 Å². The molecule has 0 radical (unpaired) electrons. The molecule has 0 aliphatic carbocycles. The first-order valence-electron chi connectivity index (χ1n) is 29.0. The molecule has 3 atom stereocenters. The van der Waals surface area contributed by atoms with Gasteiger partial charge in [-0.3, -0.25) is 4.79 Å². The predicted molar refractivity (Wildman–Crippen MR) is 287 cm³/mol. The molecule has 5 nitrogen and oxygen atoms in total. The van der Waals surface area contributed by atoms with E-state index in [0.717, 1.165) is 44.9 Å². The van der Waals surface area contributed by atoms with Gasteiger partial charge in [-0.15, -0.1) is 0 Å². The van der Waals surface area contributed by atoms with Crippen molar-refractivity contribution in [3.63, 3.8) is 0 Å².